The first-order chi connectivity index (χ1) is 22.6. The first-order valence-electron chi connectivity index (χ1n) is 15.1. The van der Waals surface area contributed by atoms with Crippen LogP contribution in [0.5, 0.6) is 5.75 Å². The number of hydrogen-bond acceptors (Lipinski definition) is 7. The van der Waals surface area contributed by atoms with Crippen molar-refractivity contribution in [3.05, 3.63) is 93.0 Å². The highest BCUT2D eigenvalue weighted by Crippen LogP contribution is 2.53. The Labute approximate surface area is 287 Å². The molecule has 0 bridgehead atoms. The molecule has 1 fully saturated rings. The molecule has 1 aliphatic heterocycles. The lowest BCUT2D eigenvalue weighted by Gasteiger charge is -2.37. The molecule has 0 aromatic heterocycles. The lowest BCUT2D eigenvalue weighted by molar-refractivity contribution is -0.137. The summed E-state index contributed by atoms with van der Waals surface area (Å²) in [6, 6.07) is 12.5. The van der Waals surface area contributed by atoms with Gasteiger partial charge in [-0.1, -0.05) is 62.2 Å². The van der Waals surface area contributed by atoms with Crippen molar-refractivity contribution in [2.75, 3.05) is 19.0 Å². The number of amides is 1. The number of nitrogens with zero attached hydrogens (tertiary/aromatic N) is 1. The number of anilines is 1. The van der Waals surface area contributed by atoms with Gasteiger partial charge in [-0.3, -0.25) is 9.59 Å². The molecule has 4 atom stereocenters. The van der Waals surface area contributed by atoms with Gasteiger partial charge in [0.2, 0.25) is 5.91 Å². The third-order valence-corrected chi connectivity index (χ3v) is 8.72. The van der Waals surface area contributed by atoms with Gasteiger partial charge in [-0.15, -0.1) is 0 Å². The van der Waals surface area contributed by atoms with E-state index in [0.717, 1.165) is 6.07 Å². The largest absolute Gasteiger partial charge is 0.495 e. The lowest BCUT2D eigenvalue weighted by Crippen LogP contribution is -2.45. The van der Waals surface area contributed by atoms with Crippen LogP contribution in [0.1, 0.15) is 67.4 Å². The summed E-state index contributed by atoms with van der Waals surface area (Å²) in [7, 11) is 1.33. The van der Waals surface area contributed by atoms with E-state index in [1.54, 1.807) is 0 Å². The Kier molecular flexibility index (Phi) is 11.4. The number of esters is 1. The van der Waals surface area contributed by atoms with E-state index in [2.05, 4.69) is 16.7 Å². The number of ether oxygens (including phenoxy) is 2. The molecule has 1 amide bonds. The van der Waals surface area contributed by atoms with Crippen LogP contribution in [-0.2, 0) is 19.7 Å². The molecule has 0 saturated carbocycles. The highest BCUT2D eigenvalue weighted by molar-refractivity contribution is 6.31. The van der Waals surface area contributed by atoms with Gasteiger partial charge in [-0.2, -0.15) is 5.26 Å². The van der Waals surface area contributed by atoms with Crippen molar-refractivity contribution in [1.82, 2.24) is 5.32 Å². The van der Waals surface area contributed by atoms with Gasteiger partial charge < -0.3 is 25.2 Å². The first kappa shape index (κ1) is 36.6. The monoisotopic (exact) mass is 701 g/mol. The third kappa shape index (κ3) is 7.73. The fourth-order valence-electron chi connectivity index (χ4n) is 6.16. The third-order valence-electron chi connectivity index (χ3n) is 8.19. The predicted octanol–water partition coefficient (Wildman–Crippen LogP) is 7.26. The maximum absolute atomic E-state index is 15.9. The number of carbonyl (C=O) groups excluding carboxylic acids is 2. The van der Waals surface area contributed by atoms with E-state index in [0.29, 0.717) is 0 Å². The van der Waals surface area contributed by atoms with Crippen LogP contribution in [-0.4, -0.2) is 48.8 Å². The molecule has 0 spiro atoms. The van der Waals surface area contributed by atoms with Crippen LogP contribution >= 0.6 is 23.2 Å². The standard InChI is InChI=1S/C35H35Cl2F2N3O6/c1-34(2,3)17-27-35(18-40,22-12-11-20(36)16-24(22)38)29(21-7-5-8-23(37)30(21)39)31(42-27)32(45)41-25-13-10-19(15-26(25)47-4)33(46)48-14-6-9-28(43)44/h5,7-8,10-13,15-16,27,29,31,42H,6,9,14,17H2,1-4H3,(H,41,45)(H,43,44)/t27-,29-,31+,35-/m0/s1. The van der Waals surface area contributed by atoms with Crippen LogP contribution in [0.25, 0.3) is 0 Å². The summed E-state index contributed by atoms with van der Waals surface area (Å²) in [5, 5.41) is 25.7. The van der Waals surface area contributed by atoms with Crippen molar-refractivity contribution < 1.29 is 37.7 Å². The van der Waals surface area contributed by atoms with Crippen molar-refractivity contribution >= 4 is 46.7 Å². The van der Waals surface area contributed by atoms with E-state index in [1.165, 1.54) is 55.6 Å². The molecule has 0 radical (unpaired) electrons. The molecule has 1 aliphatic rings. The van der Waals surface area contributed by atoms with E-state index in [4.69, 9.17) is 37.8 Å². The second-order valence-electron chi connectivity index (χ2n) is 12.7. The summed E-state index contributed by atoms with van der Waals surface area (Å²) in [6.07, 6.45) is 0.262. The number of carboxylic acids is 1. The van der Waals surface area contributed by atoms with Gasteiger partial charge in [-0.05, 0) is 60.2 Å². The zero-order valence-corrected chi connectivity index (χ0v) is 28.2. The minimum absolute atomic E-state index is 0.0559. The second kappa shape index (κ2) is 14.9. The van der Waals surface area contributed by atoms with Crippen molar-refractivity contribution in [3.63, 3.8) is 0 Å². The Morgan fingerprint density at radius 3 is 2.46 bits per heavy atom. The Bertz CT molecular complexity index is 1760. The average Bonchev–Trinajstić information content (AvgIpc) is 3.33. The number of nitrogens with one attached hydrogen (secondary N) is 2. The number of halogens is 4. The molecule has 3 aromatic carbocycles. The number of methoxy groups -OCH3 is 1. The fraction of sp³-hybridized carbons (Fsp3) is 0.371. The molecule has 3 N–H and O–H groups in total. The van der Waals surface area contributed by atoms with Gasteiger partial charge in [0.05, 0.1) is 42.1 Å². The van der Waals surface area contributed by atoms with Crippen molar-refractivity contribution in [1.29, 1.82) is 5.26 Å². The Hall–Kier alpha value is -4.24. The smallest absolute Gasteiger partial charge is 0.338 e. The van der Waals surface area contributed by atoms with Crippen molar-refractivity contribution in [2.24, 2.45) is 5.41 Å². The quantitative estimate of drug-likeness (QED) is 0.140. The fourth-order valence-corrected chi connectivity index (χ4v) is 6.50. The van der Waals surface area contributed by atoms with Gasteiger partial charge in [0.15, 0.2) is 0 Å². The van der Waals surface area contributed by atoms with Gasteiger partial charge in [-0.25, -0.2) is 13.6 Å². The molecular weight excluding hydrogens is 667 g/mol. The topological polar surface area (TPSA) is 138 Å². The molecule has 13 heteroatoms. The Morgan fingerprint density at radius 1 is 1.10 bits per heavy atom. The van der Waals surface area contributed by atoms with Crippen LogP contribution in [0.2, 0.25) is 10.0 Å². The normalized spacial score (nSPS) is 20.5. The number of hydrogen-bond donors (Lipinski definition) is 3. The molecule has 254 valence electrons. The first-order valence-corrected chi connectivity index (χ1v) is 15.8. The molecule has 4 rings (SSSR count). The SMILES string of the molecule is COc1cc(C(=O)OCCCC(=O)O)ccc1NC(=O)[C@@H]1N[C@@H](CC(C)(C)C)[C@](C#N)(c2ccc(Cl)cc2F)[C@H]1c1cccc(Cl)c1F. The summed E-state index contributed by atoms with van der Waals surface area (Å²) in [4.78, 5) is 37.5. The van der Waals surface area contributed by atoms with Crippen molar-refractivity contribution in [3.8, 4) is 11.8 Å². The number of aliphatic carboxylic acids is 1. The van der Waals surface area contributed by atoms with E-state index in [9.17, 15) is 19.6 Å². The summed E-state index contributed by atoms with van der Waals surface area (Å²) in [6.45, 7) is 5.69. The number of rotatable bonds is 11. The van der Waals surface area contributed by atoms with Crippen LogP contribution in [0, 0.1) is 28.4 Å². The molecule has 0 unspecified atom stereocenters. The maximum Gasteiger partial charge on any atom is 0.338 e. The zero-order valence-electron chi connectivity index (χ0n) is 26.7. The van der Waals surface area contributed by atoms with Crippen LogP contribution in [0.15, 0.2) is 54.6 Å². The Balaban J connectivity index is 1.79. The van der Waals surface area contributed by atoms with Gasteiger partial charge in [0, 0.05) is 29.0 Å². The minimum Gasteiger partial charge on any atom is -0.495 e. The number of nitriles is 1. The second-order valence-corrected chi connectivity index (χ2v) is 13.6. The van der Waals surface area contributed by atoms with Crippen LogP contribution in [0.4, 0.5) is 14.5 Å². The molecular formula is C35H35Cl2F2N3O6. The highest BCUT2D eigenvalue weighted by Gasteiger charge is 2.61. The minimum atomic E-state index is -1.81. The summed E-state index contributed by atoms with van der Waals surface area (Å²) < 4.78 is 42.4. The number of benzene rings is 3. The van der Waals surface area contributed by atoms with Crippen molar-refractivity contribution in [2.45, 2.75) is 63.5 Å². The molecule has 3 aromatic rings. The van der Waals surface area contributed by atoms with E-state index in [-0.39, 0.29) is 64.0 Å². The predicted molar refractivity (Wildman–Crippen MR) is 176 cm³/mol. The molecule has 48 heavy (non-hydrogen) atoms. The summed E-state index contributed by atoms with van der Waals surface area (Å²) in [5.74, 6) is -5.25. The summed E-state index contributed by atoms with van der Waals surface area (Å²) >= 11 is 12.3. The highest BCUT2D eigenvalue weighted by atomic mass is 35.5. The lowest BCUT2D eigenvalue weighted by atomic mass is 9.62. The van der Waals surface area contributed by atoms with E-state index >= 15 is 8.78 Å². The molecule has 9 nitrogen and oxygen atoms in total. The maximum atomic E-state index is 15.9. The number of carboxylic acid groups (broad SMARTS) is 1. The van der Waals surface area contributed by atoms with E-state index < -0.39 is 58.3 Å². The van der Waals surface area contributed by atoms with Crippen LogP contribution in [0.3, 0.4) is 0 Å². The van der Waals surface area contributed by atoms with Gasteiger partial charge in [0.25, 0.3) is 0 Å². The number of carbonyl (C=O) groups is 3. The van der Waals surface area contributed by atoms with Crippen LogP contribution < -0.4 is 15.4 Å². The van der Waals surface area contributed by atoms with Gasteiger partial charge >= 0.3 is 11.9 Å². The molecule has 1 heterocycles. The molecule has 1 saturated heterocycles. The van der Waals surface area contributed by atoms with Gasteiger partial charge in [0.1, 0.15) is 22.8 Å². The summed E-state index contributed by atoms with van der Waals surface area (Å²) in [5.41, 5.74) is -2.11. The molecule has 0 aliphatic carbocycles. The zero-order chi connectivity index (χ0) is 35.4. The van der Waals surface area contributed by atoms with E-state index in [1.807, 2.05) is 20.8 Å². The Morgan fingerprint density at radius 2 is 1.83 bits per heavy atom. The average molecular weight is 703 g/mol.